The molecule has 1 saturated carbocycles. The molecule has 2 fully saturated rings. The van der Waals surface area contributed by atoms with Crippen LogP contribution in [-0.4, -0.2) is 46.5 Å². The second kappa shape index (κ2) is 12.7. The lowest BCUT2D eigenvalue weighted by molar-refractivity contribution is 0.164. The van der Waals surface area contributed by atoms with Crippen LogP contribution in [0.2, 0.25) is 5.02 Å². The van der Waals surface area contributed by atoms with Crippen molar-refractivity contribution in [3.05, 3.63) is 64.2 Å². The fourth-order valence-corrected chi connectivity index (χ4v) is 7.36. The summed E-state index contributed by atoms with van der Waals surface area (Å²) in [6.07, 6.45) is 5.84. The molecule has 0 radical (unpaired) electrons. The van der Waals surface area contributed by atoms with Gasteiger partial charge in [0.1, 0.15) is 12.4 Å². The number of fused-ring (bicyclic) bond motifs is 1. The Kier molecular flexibility index (Phi) is 10.4. The van der Waals surface area contributed by atoms with Gasteiger partial charge in [0, 0.05) is 23.0 Å². The molecule has 1 atom stereocenters. The lowest BCUT2D eigenvalue weighted by Gasteiger charge is -2.50. The Hall–Kier alpha value is -1.06. The van der Waals surface area contributed by atoms with E-state index in [9.17, 15) is 8.42 Å². The standard InChI is InChI=1S/C26H34ClN3O3S.2ClH/c27-21-5-3-20(4-6-21)26(11-1-12-26)25-24-18-22(7-2-19(24)8-15-29-25)33-17-16-30-34(31,32)23-9-13-28-14-10-23;;/h2-7,18,23,25,28-30H,1,8-17H2;2*1H. The quantitative estimate of drug-likeness (QED) is 0.402. The van der Waals surface area contributed by atoms with E-state index in [0.29, 0.717) is 19.4 Å². The van der Waals surface area contributed by atoms with Gasteiger partial charge in [-0.05, 0) is 92.7 Å². The normalized spacial score (nSPS) is 21.3. The van der Waals surface area contributed by atoms with Crippen LogP contribution in [0.4, 0.5) is 0 Å². The predicted octanol–water partition coefficient (Wildman–Crippen LogP) is 4.54. The summed E-state index contributed by atoms with van der Waals surface area (Å²) in [5.74, 6) is 0.791. The first-order valence-corrected chi connectivity index (χ1v) is 14.3. The van der Waals surface area contributed by atoms with Gasteiger partial charge in [-0.15, -0.1) is 24.8 Å². The first kappa shape index (κ1) is 29.5. The highest BCUT2D eigenvalue weighted by Gasteiger charge is 2.47. The molecule has 10 heteroatoms. The lowest BCUT2D eigenvalue weighted by atomic mass is 9.58. The minimum Gasteiger partial charge on any atom is -0.492 e. The highest BCUT2D eigenvalue weighted by atomic mass is 35.5. The summed E-state index contributed by atoms with van der Waals surface area (Å²) < 4.78 is 33.8. The molecule has 36 heavy (non-hydrogen) atoms. The lowest BCUT2D eigenvalue weighted by Crippen LogP contribution is -2.49. The fourth-order valence-electron chi connectivity index (χ4n) is 5.77. The fraction of sp³-hybridized carbons (Fsp3) is 0.538. The van der Waals surface area contributed by atoms with Crippen molar-refractivity contribution in [2.24, 2.45) is 0 Å². The zero-order valence-corrected chi connectivity index (χ0v) is 23.5. The van der Waals surface area contributed by atoms with E-state index in [1.165, 1.54) is 23.1 Å². The first-order chi connectivity index (χ1) is 16.5. The zero-order valence-electron chi connectivity index (χ0n) is 20.3. The predicted molar refractivity (Wildman–Crippen MR) is 151 cm³/mol. The van der Waals surface area contributed by atoms with Crippen molar-refractivity contribution in [3.63, 3.8) is 0 Å². The monoisotopic (exact) mass is 575 g/mol. The van der Waals surface area contributed by atoms with Crippen LogP contribution in [0.25, 0.3) is 0 Å². The summed E-state index contributed by atoms with van der Waals surface area (Å²) >= 11 is 6.17. The average Bonchev–Trinajstić information content (AvgIpc) is 2.83. The summed E-state index contributed by atoms with van der Waals surface area (Å²) in [7, 11) is -3.30. The van der Waals surface area contributed by atoms with Gasteiger partial charge in [-0.1, -0.05) is 36.2 Å². The third-order valence-corrected chi connectivity index (χ3v) is 10.00. The van der Waals surface area contributed by atoms with Crippen LogP contribution >= 0.6 is 36.4 Å². The molecule has 1 saturated heterocycles. The highest BCUT2D eigenvalue weighted by Crippen LogP contribution is 2.53. The Morgan fingerprint density at radius 1 is 1.03 bits per heavy atom. The third-order valence-electron chi connectivity index (χ3n) is 7.79. The number of piperidine rings is 1. The van der Waals surface area contributed by atoms with Crippen LogP contribution in [0.15, 0.2) is 42.5 Å². The number of ether oxygens (including phenoxy) is 1. The number of benzene rings is 2. The molecule has 6 nitrogen and oxygen atoms in total. The minimum atomic E-state index is -3.30. The number of hydrogen-bond acceptors (Lipinski definition) is 5. The Morgan fingerprint density at radius 3 is 2.42 bits per heavy atom. The van der Waals surface area contributed by atoms with Crippen molar-refractivity contribution in [2.75, 3.05) is 32.8 Å². The summed E-state index contributed by atoms with van der Waals surface area (Å²) in [5.41, 5.74) is 4.08. The summed E-state index contributed by atoms with van der Waals surface area (Å²) in [6.45, 7) is 3.06. The molecular formula is C26H36Cl3N3O3S. The van der Waals surface area contributed by atoms with E-state index in [0.717, 1.165) is 49.7 Å². The zero-order chi connectivity index (χ0) is 23.6. The van der Waals surface area contributed by atoms with Crippen LogP contribution in [0.5, 0.6) is 5.75 Å². The molecule has 2 aromatic rings. The molecule has 2 heterocycles. The topological polar surface area (TPSA) is 79.5 Å². The van der Waals surface area contributed by atoms with Crippen LogP contribution in [0, 0.1) is 0 Å². The Morgan fingerprint density at radius 2 is 1.75 bits per heavy atom. The number of nitrogens with one attached hydrogen (secondary N) is 3. The van der Waals surface area contributed by atoms with E-state index < -0.39 is 10.0 Å². The molecule has 1 unspecified atom stereocenters. The van der Waals surface area contributed by atoms with Gasteiger partial charge in [0.05, 0.1) is 5.25 Å². The maximum Gasteiger partial charge on any atom is 0.214 e. The van der Waals surface area contributed by atoms with E-state index in [2.05, 4.69) is 39.6 Å². The second-order valence-corrected chi connectivity index (χ2v) is 12.2. The van der Waals surface area contributed by atoms with E-state index >= 15 is 0 Å². The van der Waals surface area contributed by atoms with Gasteiger partial charge in [0.15, 0.2) is 0 Å². The number of rotatable bonds is 8. The van der Waals surface area contributed by atoms with Crippen molar-refractivity contribution in [3.8, 4) is 5.75 Å². The van der Waals surface area contributed by atoms with Gasteiger partial charge in [-0.25, -0.2) is 13.1 Å². The van der Waals surface area contributed by atoms with E-state index in [-0.39, 0.29) is 48.1 Å². The highest BCUT2D eigenvalue weighted by molar-refractivity contribution is 7.90. The Balaban J connectivity index is 0.00000180. The molecule has 3 aliphatic rings. The van der Waals surface area contributed by atoms with Crippen molar-refractivity contribution >= 4 is 46.4 Å². The maximum atomic E-state index is 12.5. The number of hydrogen-bond donors (Lipinski definition) is 3. The molecule has 5 rings (SSSR count). The molecule has 0 amide bonds. The molecule has 0 aromatic heterocycles. The molecule has 200 valence electrons. The van der Waals surface area contributed by atoms with E-state index in [4.69, 9.17) is 16.3 Å². The average molecular weight is 577 g/mol. The summed E-state index contributed by atoms with van der Waals surface area (Å²) in [6, 6.07) is 14.9. The SMILES string of the molecule is Cl.Cl.O=S(=O)(NCCOc1ccc2c(c1)C(C1(c3ccc(Cl)cc3)CCC1)NCC2)C1CCNCC1. The van der Waals surface area contributed by atoms with Crippen LogP contribution in [-0.2, 0) is 21.9 Å². The van der Waals surface area contributed by atoms with Gasteiger partial charge in [-0.2, -0.15) is 0 Å². The van der Waals surface area contributed by atoms with Crippen molar-refractivity contribution in [1.29, 1.82) is 0 Å². The van der Waals surface area contributed by atoms with Gasteiger partial charge in [0.2, 0.25) is 10.0 Å². The van der Waals surface area contributed by atoms with Gasteiger partial charge < -0.3 is 15.4 Å². The van der Waals surface area contributed by atoms with Crippen molar-refractivity contribution in [1.82, 2.24) is 15.4 Å². The molecule has 0 spiro atoms. The third kappa shape index (κ3) is 6.15. The summed E-state index contributed by atoms with van der Waals surface area (Å²) in [4.78, 5) is 0. The van der Waals surface area contributed by atoms with Crippen LogP contribution < -0.4 is 20.1 Å². The first-order valence-electron chi connectivity index (χ1n) is 12.4. The minimum absolute atomic E-state index is 0. The Labute approximate surface area is 232 Å². The number of sulfonamides is 1. The van der Waals surface area contributed by atoms with Crippen LogP contribution in [0.3, 0.4) is 0 Å². The van der Waals surface area contributed by atoms with Crippen molar-refractivity contribution < 1.29 is 13.2 Å². The molecule has 3 N–H and O–H groups in total. The number of halogens is 3. The van der Waals surface area contributed by atoms with Crippen LogP contribution in [0.1, 0.15) is 54.8 Å². The molecule has 1 aliphatic carbocycles. The van der Waals surface area contributed by atoms with Crippen molar-refractivity contribution in [2.45, 2.75) is 55.2 Å². The summed E-state index contributed by atoms with van der Waals surface area (Å²) in [5, 5.41) is 7.46. The maximum absolute atomic E-state index is 12.5. The van der Waals surface area contributed by atoms with E-state index in [1.54, 1.807) is 0 Å². The second-order valence-electron chi connectivity index (χ2n) is 9.75. The van der Waals surface area contributed by atoms with Gasteiger partial charge in [0.25, 0.3) is 0 Å². The molecule has 2 aliphatic heterocycles. The van der Waals surface area contributed by atoms with E-state index in [1.807, 2.05) is 18.2 Å². The largest absolute Gasteiger partial charge is 0.492 e. The Bertz CT molecular complexity index is 1110. The molecule has 0 bridgehead atoms. The molecule has 2 aromatic carbocycles. The van der Waals surface area contributed by atoms with Gasteiger partial charge in [-0.3, -0.25) is 0 Å². The van der Waals surface area contributed by atoms with Gasteiger partial charge >= 0.3 is 0 Å². The molecular weight excluding hydrogens is 541 g/mol. The smallest absolute Gasteiger partial charge is 0.214 e.